The molecule has 3 rings (SSSR count). The highest BCUT2D eigenvalue weighted by atomic mass is 16.2. The molecule has 5 N–H and O–H groups in total. The Labute approximate surface area is 164 Å². The molecule has 8 heteroatoms. The minimum atomic E-state index is -0.220. The molecule has 0 radical (unpaired) electrons. The lowest BCUT2D eigenvalue weighted by molar-refractivity contribution is -0.123. The maximum atomic E-state index is 12.4. The van der Waals surface area contributed by atoms with E-state index in [1.165, 1.54) is 0 Å². The smallest absolute Gasteiger partial charge is 0.251 e. The summed E-state index contributed by atoms with van der Waals surface area (Å²) in [5.74, 6) is 0.460. The summed E-state index contributed by atoms with van der Waals surface area (Å²) < 4.78 is 0. The molecular formula is C20H26N6O2. The molecule has 148 valence electrons. The topological polar surface area (TPSA) is 127 Å². The molecule has 1 atom stereocenters. The highest BCUT2D eigenvalue weighted by Crippen LogP contribution is 2.17. The number of nitrogen functional groups attached to an aromatic ring is 1. The number of likely N-dealkylation sites (tertiary alicyclic amines) is 1. The Bertz CT molecular complexity index is 841. The SMILES string of the molecule is NC(=O)C1CCCN(CCCNC(=O)c2cccc(-c3nccc(N)n3)c2)C1. The molecule has 0 bridgehead atoms. The van der Waals surface area contributed by atoms with Crippen LogP contribution in [0.25, 0.3) is 11.4 Å². The van der Waals surface area contributed by atoms with Crippen LogP contribution in [0.15, 0.2) is 36.5 Å². The Kier molecular flexibility index (Phi) is 6.54. The van der Waals surface area contributed by atoms with E-state index in [2.05, 4.69) is 20.2 Å². The van der Waals surface area contributed by atoms with Crippen LogP contribution in [0.1, 0.15) is 29.6 Å². The lowest BCUT2D eigenvalue weighted by Gasteiger charge is -2.31. The van der Waals surface area contributed by atoms with Crippen molar-refractivity contribution in [1.29, 1.82) is 0 Å². The van der Waals surface area contributed by atoms with Crippen LogP contribution in [0.2, 0.25) is 0 Å². The molecule has 1 saturated heterocycles. The lowest BCUT2D eigenvalue weighted by Crippen LogP contribution is -2.42. The van der Waals surface area contributed by atoms with Crippen molar-refractivity contribution in [2.45, 2.75) is 19.3 Å². The van der Waals surface area contributed by atoms with Crippen LogP contribution in [-0.2, 0) is 4.79 Å². The maximum absolute atomic E-state index is 12.4. The first-order valence-electron chi connectivity index (χ1n) is 9.52. The number of anilines is 1. The van der Waals surface area contributed by atoms with Crippen LogP contribution >= 0.6 is 0 Å². The molecular weight excluding hydrogens is 356 g/mol. The molecule has 0 aliphatic carbocycles. The molecule has 1 aliphatic heterocycles. The standard InChI is InChI=1S/C20H26N6O2/c21-17-7-9-23-19(25-17)14-4-1-5-15(12-14)20(28)24-8-3-11-26-10-2-6-16(13-26)18(22)27/h1,4-5,7,9,12,16H,2-3,6,8,10-11,13H2,(H2,22,27)(H,24,28)(H2,21,23,25). The van der Waals surface area contributed by atoms with Gasteiger partial charge in [-0.1, -0.05) is 12.1 Å². The van der Waals surface area contributed by atoms with E-state index in [0.29, 0.717) is 30.3 Å². The Morgan fingerprint density at radius 3 is 2.93 bits per heavy atom. The number of rotatable bonds is 7. The van der Waals surface area contributed by atoms with Crippen LogP contribution in [0.3, 0.4) is 0 Å². The molecule has 1 fully saturated rings. The highest BCUT2D eigenvalue weighted by molar-refractivity contribution is 5.95. The summed E-state index contributed by atoms with van der Waals surface area (Å²) in [6.45, 7) is 3.09. The Hall–Kier alpha value is -3.00. The van der Waals surface area contributed by atoms with Crippen LogP contribution in [0.4, 0.5) is 5.82 Å². The Balaban J connectivity index is 1.49. The van der Waals surface area contributed by atoms with E-state index >= 15 is 0 Å². The van der Waals surface area contributed by atoms with Crippen molar-refractivity contribution in [1.82, 2.24) is 20.2 Å². The predicted octanol–water partition coefficient (Wildman–Crippen LogP) is 1.04. The fraction of sp³-hybridized carbons (Fsp3) is 0.400. The molecule has 2 amide bonds. The van der Waals surface area contributed by atoms with Crippen molar-refractivity contribution in [2.75, 3.05) is 31.9 Å². The molecule has 1 aliphatic rings. The molecule has 28 heavy (non-hydrogen) atoms. The van der Waals surface area contributed by atoms with E-state index in [1.54, 1.807) is 30.5 Å². The lowest BCUT2D eigenvalue weighted by atomic mass is 9.97. The van der Waals surface area contributed by atoms with Crippen molar-refractivity contribution >= 4 is 17.6 Å². The van der Waals surface area contributed by atoms with Crippen molar-refractivity contribution in [3.8, 4) is 11.4 Å². The second-order valence-corrected chi connectivity index (χ2v) is 7.04. The summed E-state index contributed by atoms with van der Waals surface area (Å²) >= 11 is 0. The van der Waals surface area contributed by atoms with E-state index in [-0.39, 0.29) is 17.7 Å². The van der Waals surface area contributed by atoms with E-state index in [1.807, 2.05) is 6.07 Å². The van der Waals surface area contributed by atoms with Crippen LogP contribution in [-0.4, -0.2) is 52.9 Å². The first-order chi connectivity index (χ1) is 13.5. The minimum absolute atomic E-state index is 0.0553. The molecule has 0 saturated carbocycles. The number of nitrogens with one attached hydrogen (secondary N) is 1. The number of nitrogens with two attached hydrogens (primary N) is 2. The number of piperidine rings is 1. The fourth-order valence-electron chi connectivity index (χ4n) is 3.41. The van der Waals surface area contributed by atoms with Gasteiger partial charge in [-0.3, -0.25) is 9.59 Å². The van der Waals surface area contributed by atoms with Crippen LogP contribution in [0.5, 0.6) is 0 Å². The first kappa shape index (κ1) is 19.8. The summed E-state index contributed by atoms with van der Waals surface area (Å²) in [6.07, 6.45) is 4.26. The van der Waals surface area contributed by atoms with Crippen molar-refractivity contribution in [3.63, 3.8) is 0 Å². The number of nitrogens with zero attached hydrogens (tertiary/aromatic N) is 3. The molecule has 1 aromatic heterocycles. The number of benzene rings is 1. The molecule has 8 nitrogen and oxygen atoms in total. The fourth-order valence-corrected chi connectivity index (χ4v) is 3.41. The number of hydrogen-bond acceptors (Lipinski definition) is 6. The average molecular weight is 382 g/mol. The number of amides is 2. The average Bonchev–Trinajstić information content (AvgIpc) is 2.71. The van der Waals surface area contributed by atoms with Gasteiger partial charge in [-0.05, 0) is 50.6 Å². The zero-order chi connectivity index (χ0) is 19.9. The van der Waals surface area contributed by atoms with Crippen molar-refractivity contribution < 1.29 is 9.59 Å². The quantitative estimate of drug-likeness (QED) is 0.614. The van der Waals surface area contributed by atoms with E-state index in [9.17, 15) is 9.59 Å². The van der Waals surface area contributed by atoms with Crippen LogP contribution in [0, 0.1) is 5.92 Å². The molecule has 2 heterocycles. The summed E-state index contributed by atoms with van der Waals surface area (Å²) in [5, 5.41) is 2.94. The zero-order valence-corrected chi connectivity index (χ0v) is 15.8. The number of carbonyl (C=O) groups is 2. The van der Waals surface area contributed by atoms with Crippen molar-refractivity contribution in [2.24, 2.45) is 11.7 Å². The Morgan fingerprint density at radius 1 is 1.29 bits per heavy atom. The van der Waals surface area contributed by atoms with E-state index < -0.39 is 0 Å². The number of primary amides is 1. The van der Waals surface area contributed by atoms with Gasteiger partial charge in [0.15, 0.2) is 5.82 Å². The van der Waals surface area contributed by atoms with Gasteiger partial charge in [0.1, 0.15) is 5.82 Å². The summed E-state index contributed by atoms with van der Waals surface area (Å²) in [4.78, 5) is 34.4. The van der Waals surface area contributed by atoms with Crippen LogP contribution < -0.4 is 16.8 Å². The molecule has 1 aromatic carbocycles. The van der Waals surface area contributed by atoms with Gasteiger partial charge in [0.2, 0.25) is 5.91 Å². The second kappa shape index (κ2) is 9.27. The van der Waals surface area contributed by atoms with Gasteiger partial charge in [-0.2, -0.15) is 0 Å². The molecule has 1 unspecified atom stereocenters. The minimum Gasteiger partial charge on any atom is -0.384 e. The van der Waals surface area contributed by atoms with Gasteiger partial charge in [0.25, 0.3) is 5.91 Å². The largest absolute Gasteiger partial charge is 0.384 e. The van der Waals surface area contributed by atoms with E-state index in [4.69, 9.17) is 11.5 Å². The summed E-state index contributed by atoms with van der Waals surface area (Å²) in [5.41, 5.74) is 12.4. The number of hydrogen-bond donors (Lipinski definition) is 3. The summed E-state index contributed by atoms with van der Waals surface area (Å²) in [6, 6.07) is 8.78. The van der Waals surface area contributed by atoms with Gasteiger partial charge < -0.3 is 21.7 Å². The third-order valence-corrected chi connectivity index (χ3v) is 4.90. The third kappa shape index (κ3) is 5.26. The van der Waals surface area contributed by atoms with Gasteiger partial charge in [0, 0.05) is 30.4 Å². The Morgan fingerprint density at radius 2 is 2.14 bits per heavy atom. The van der Waals surface area contributed by atoms with Gasteiger partial charge in [-0.25, -0.2) is 9.97 Å². The van der Waals surface area contributed by atoms with E-state index in [0.717, 1.165) is 37.9 Å². The molecule has 0 spiro atoms. The normalized spacial score (nSPS) is 17.2. The van der Waals surface area contributed by atoms with Crippen molar-refractivity contribution in [3.05, 3.63) is 42.1 Å². The zero-order valence-electron chi connectivity index (χ0n) is 15.8. The predicted molar refractivity (Wildman–Crippen MR) is 107 cm³/mol. The monoisotopic (exact) mass is 382 g/mol. The maximum Gasteiger partial charge on any atom is 0.251 e. The van der Waals surface area contributed by atoms with Gasteiger partial charge >= 0.3 is 0 Å². The van der Waals surface area contributed by atoms with Gasteiger partial charge in [0.05, 0.1) is 5.92 Å². The second-order valence-electron chi connectivity index (χ2n) is 7.04. The third-order valence-electron chi connectivity index (χ3n) is 4.90. The first-order valence-corrected chi connectivity index (χ1v) is 9.52. The molecule has 2 aromatic rings. The number of carbonyl (C=O) groups excluding carboxylic acids is 2. The highest BCUT2D eigenvalue weighted by Gasteiger charge is 2.23. The number of aromatic nitrogens is 2. The van der Waals surface area contributed by atoms with Gasteiger partial charge in [-0.15, -0.1) is 0 Å². The summed E-state index contributed by atoms with van der Waals surface area (Å²) in [7, 11) is 0.